The molecule has 0 saturated heterocycles. The number of rotatable bonds is 9. The van der Waals surface area contributed by atoms with E-state index >= 15 is 0 Å². The van der Waals surface area contributed by atoms with E-state index in [0.717, 1.165) is 11.6 Å². The van der Waals surface area contributed by atoms with Gasteiger partial charge in [-0.05, 0) is 23.7 Å². The van der Waals surface area contributed by atoms with Crippen LogP contribution >= 0.6 is 0 Å². The maximum atomic E-state index is 11.8. The lowest BCUT2D eigenvalue weighted by atomic mass is 10.2. The van der Waals surface area contributed by atoms with Gasteiger partial charge in [-0.2, -0.15) is 0 Å². The first-order valence-electron chi connectivity index (χ1n) is 8.68. The van der Waals surface area contributed by atoms with Crippen LogP contribution in [0.2, 0.25) is 25.7 Å². The third-order valence-electron chi connectivity index (χ3n) is 3.69. The smallest absolute Gasteiger partial charge is 0.344 e. The number of benzene rings is 2. The van der Waals surface area contributed by atoms with Crippen LogP contribution in [0.25, 0.3) is 0 Å². The Morgan fingerprint density at radius 1 is 1.04 bits per heavy atom. The van der Waals surface area contributed by atoms with Crippen LogP contribution < -0.4 is 15.2 Å². The Labute approximate surface area is 156 Å². The zero-order valence-electron chi connectivity index (χ0n) is 15.7. The lowest BCUT2D eigenvalue weighted by molar-refractivity contribution is -0.145. The van der Waals surface area contributed by atoms with Crippen molar-refractivity contribution in [3.8, 4) is 11.5 Å². The van der Waals surface area contributed by atoms with Crippen molar-refractivity contribution >= 4 is 19.7 Å². The highest BCUT2D eigenvalue weighted by Gasteiger charge is 2.14. The number of anilines is 1. The molecule has 2 N–H and O–H groups in total. The molecule has 0 aromatic heterocycles. The Kier molecular flexibility index (Phi) is 7.09. The Bertz CT molecular complexity index is 713. The minimum Gasteiger partial charge on any atom is -0.487 e. The first-order chi connectivity index (χ1) is 12.3. The van der Waals surface area contributed by atoms with Crippen molar-refractivity contribution < 1.29 is 19.0 Å². The lowest BCUT2D eigenvalue weighted by Gasteiger charge is -2.15. The standard InChI is InChI=1S/C20H27NO4Si/c1-26(2,3)12-11-23-20(22)15-24-17-9-10-18(21)19(13-17)25-14-16-7-5-4-6-8-16/h4-10,13H,11-12,14-15,21H2,1-3H3. The van der Waals surface area contributed by atoms with Crippen molar-refractivity contribution in [3.05, 3.63) is 54.1 Å². The summed E-state index contributed by atoms with van der Waals surface area (Å²) in [7, 11) is -1.21. The average Bonchev–Trinajstić information content (AvgIpc) is 2.59. The van der Waals surface area contributed by atoms with Gasteiger partial charge in [0.25, 0.3) is 0 Å². The van der Waals surface area contributed by atoms with Crippen molar-refractivity contribution in [1.29, 1.82) is 0 Å². The zero-order valence-corrected chi connectivity index (χ0v) is 16.7. The van der Waals surface area contributed by atoms with Gasteiger partial charge in [0.2, 0.25) is 0 Å². The molecule has 0 radical (unpaired) electrons. The molecule has 0 aliphatic heterocycles. The highest BCUT2D eigenvalue weighted by Crippen LogP contribution is 2.27. The second kappa shape index (κ2) is 9.29. The van der Waals surface area contributed by atoms with Crippen molar-refractivity contribution in [2.45, 2.75) is 32.3 Å². The Morgan fingerprint density at radius 2 is 1.77 bits per heavy atom. The summed E-state index contributed by atoms with van der Waals surface area (Å²) in [5.41, 5.74) is 7.51. The molecule has 0 amide bonds. The van der Waals surface area contributed by atoms with E-state index in [2.05, 4.69) is 19.6 Å². The molecule has 0 spiro atoms. The van der Waals surface area contributed by atoms with Gasteiger partial charge in [0.1, 0.15) is 18.1 Å². The number of ether oxygens (including phenoxy) is 3. The van der Waals surface area contributed by atoms with Gasteiger partial charge in [0, 0.05) is 14.1 Å². The monoisotopic (exact) mass is 373 g/mol. The molecule has 2 rings (SSSR count). The molecular weight excluding hydrogens is 346 g/mol. The van der Waals surface area contributed by atoms with E-state index in [9.17, 15) is 4.79 Å². The molecule has 5 nitrogen and oxygen atoms in total. The summed E-state index contributed by atoms with van der Waals surface area (Å²) in [4.78, 5) is 11.8. The summed E-state index contributed by atoms with van der Waals surface area (Å²) in [5, 5.41) is 0. The second-order valence-electron chi connectivity index (χ2n) is 7.29. The quantitative estimate of drug-likeness (QED) is 0.407. The van der Waals surface area contributed by atoms with Gasteiger partial charge in [-0.3, -0.25) is 0 Å². The Hall–Kier alpha value is -2.47. The number of carbonyl (C=O) groups excluding carboxylic acids is 1. The van der Waals surface area contributed by atoms with Crippen LogP contribution in [0.5, 0.6) is 11.5 Å². The summed E-state index contributed by atoms with van der Waals surface area (Å²) in [6, 6.07) is 15.9. The van der Waals surface area contributed by atoms with Crippen LogP contribution in [-0.4, -0.2) is 27.3 Å². The number of nitrogens with two attached hydrogens (primary N) is 1. The fraction of sp³-hybridized carbons (Fsp3) is 0.350. The van der Waals surface area contributed by atoms with Gasteiger partial charge in [-0.1, -0.05) is 50.0 Å². The van der Waals surface area contributed by atoms with E-state index < -0.39 is 8.07 Å². The number of esters is 1. The summed E-state index contributed by atoms with van der Waals surface area (Å²) in [5.74, 6) is 0.676. The van der Waals surface area contributed by atoms with Gasteiger partial charge >= 0.3 is 5.97 Å². The molecule has 2 aromatic rings. The van der Waals surface area contributed by atoms with Crippen LogP contribution in [0.4, 0.5) is 5.69 Å². The van der Waals surface area contributed by atoms with Gasteiger partial charge in [-0.25, -0.2) is 4.79 Å². The molecule has 0 saturated carbocycles. The molecule has 0 aliphatic rings. The van der Waals surface area contributed by atoms with Crippen molar-refractivity contribution in [2.24, 2.45) is 0 Å². The fourth-order valence-electron chi connectivity index (χ4n) is 2.12. The molecule has 26 heavy (non-hydrogen) atoms. The van der Waals surface area contributed by atoms with Crippen molar-refractivity contribution in [3.63, 3.8) is 0 Å². The molecule has 0 fully saturated rings. The van der Waals surface area contributed by atoms with Gasteiger partial charge in [-0.15, -0.1) is 0 Å². The topological polar surface area (TPSA) is 70.8 Å². The first-order valence-corrected chi connectivity index (χ1v) is 12.4. The Morgan fingerprint density at radius 3 is 2.46 bits per heavy atom. The van der Waals surface area contributed by atoms with E-state index in [1.807, 2.05) is 30.3 Å². The molecule has 140 valence electrons. The van der Waals surface area contributed by atoms with Crippen LogP contribution in [-0.2, 0) is 16.1 Å². The minimum absolute atomic E-state index is 0.131. The predicted molar refractivity (Wildman–Crippen MR) is 106 cm³/mol. The maximum absolute atomic E-state index is 11.8. The van der Waals surface area contributed by atoms with Gasteiger partial charge in [0.15, 0.2) is 6.61 Å². The second-order valence-corrected chi connectivity index (χ2v) is 12.9. The van der Waals surface area contributed by atoms with E-state index in [1.165, 1.54) is 0 Å². The molecule has 0 bridgehead atoms. The van der Waals surface area contributed by atoms with Crippen molar-refractivity contribution in [2.75, 3.05) is 18.9 Å². The summed E-state index contributed by atoms with van der Waals surface area (Å²) in [6.45, 7) is 7.44. The molecule has 0 heterocycles. The van der Waals surface area contributed by atoms with Crippen LogP contribution in [0.15, 0.2) is 48.5 Å². The van der Waals surface area contributed by atoms with Gasteiger partial charge in [0.05, 0.1) is 12.3 Å². The predicted octanol–water partition coefficient (Wildman–Crippen LogP) is 4.11. The third-order valence-corrected chi connectivity index (χ3v) is 5.40. The maximum Gasteiger partial charge on any atom is 0.344 e. The number of hydrogen-bond acceptors (Lipinski definition) is 5. The van der Waals surface area contributed by atoms with Crippen LogP contribution in [0, 0.1) is 0 Å². The number of nitrogen functional groups attached to an aromatic ring is 1. The first kappa shape index (κ1) is 19.8. The molecule has 0 atom stereocenters. The molecule has 0 unspecified atom stereocenters. The normalized spacial score (nSPS) is 11.0. The van der Waals surface area contributed by atoms with E-state index in [0.29, 0.717) is 30.4 Å². The van der Waals surface area contributed by atoms with Crippen molar-refractivity contribution in [1.82, 2.24) is 0 Å². The average molecular weight is 374 g/mol. The Balaban J connectivity index is 1.83. The highest BCUT2D eigenvalue weighted by atomic mass is 28.3. The number of hydrogen-bond donors (Lipinski definition) is 1. The van der Waals surface area contributed by atoms with E-state index in [1.54, 1.807) is 18.2 Å². The molecule has 6 heteroatoms. The van der Waals surface area contributed by atoms with Crippen LogP contribution in [0.3, 0.4) is 0 Å². The highest BCUT2D eigenvalue weighted by molar-refractivity contribution is 6.76. The van der Waals surface area contributed by atoms with Gasteiger partial charge < -0.3 is 19.9 Å². The SMILES string of the molecule is C[Si](C)(C)CCOC(=O)COc1ccc(N)c(OCc2ccccc2)c1. The lowest BCUT2D eigenvalue weighted by Crippen LogP contribution is -2.24. The van der Waals surface area contributed by atoms with Crippen LogP contribution in [0.1, 0.15) is 5.56 Å². The third kappa shape index (κ3) is 7.19. The van der Waals surface area contributed by atoms with E-state index in [4.69, 9.17) is 19.9 Å². The largest absolute Gasteiger partial charge is 0.487 e. The molecule has 0 aliphatic carbocycles. The minimum atomic E-state index is -1.21. The summed E-state index contributed by atoms with van der Waals surface area (Å²) in [6.07, 6.45) is 0. The number of carbonyl (C=O) groups is 1. The molecular formula is C20H27NO4Si. The fourth-order valence-corrected chi connectivity index (χ4v) is 2.83. The summed E-state index contributed by atoms with van der Waals surface area (Å²) < 4.78 is 16.5. The van der Waals surface area contributed by atoms with E-state index in [-0.39, 0.29) is 12.6 Å². The zero-order chi connectivity index (χ0) is 19.0. The molecule has 2 aromatic carbocycles. The summed E-state index contributed by atoms with van der Waals surface area (Å²) >= 11 is 0.